The summed E-state index contributed by atoms with van der Waals surface area (Å²) < 4.78 is 6.77. The fourth-order valence-electron chi connectivity index (χ4n) is 2.14. The smallest absolute Gasteiger partial charge is 0.120 e. The van der Waals surface area contributed by atoms with Crippen LogP contribution in [0.15, 0.2) is 59.1 Å². The number of nitrogens with one attached hydrogen (secondary N) is 1. The number of ether oxygens (including phenoxy) is 1. The molecule has 0 fully saturated rings. The zero-order valence-electron chi connectivity index (χ0n) is 11.7. The van der Waals surface area contributed by atoms with Gasteiger partial charge in [-0.3, -0.25) is 0 Å². The van der Waals surface area contributed by atoms with Gasteiger partial charge in [-0.05, 0) is 30.2 Å². The molecule has 1 unspecified atom stereocenters. The molecule has 2 nitrogen and oxygen atoms in total. The minimum atomic E-state index is 0.391. The van der Waals surface area contributed by atoms with Crippen molar-refractivity contribution in [2.45, 2.75) is 19.4 Å². The van der Waals surface area contributed by atoms with Gasteiger partial charge in [0.2, 0.25) is 0 Å². The average Bonchev–Trinajstić information content (AvgIpc) is 2.48. The van der Waals surface area contributed by atoms with Crippen LogP contribution >= 0.6 is 15.9 Å². The van der Waals surface area contributed by atoms with E-state index in [0.717, 1.165) is 23.2 Å². The first kappa shape index (κ1) is 15.1. The predicted molar refractivity (Wildman–Crippen MR) is 87.1 cm³/mol. The first-order valence-corrected chi connectivity index (χ1v) is 7.75. The van der Waals surface area contributed by atoms with Gasteiger partial charge in [0, 0.05) is 17.1 Å². The maximum atomic E-state index is 5.73. The summed E-state index contributed by atoms with van der Waals surface area (Å²) in [5.41, 5.74) is 1.33. The summed E-state index contributed by atoms with van der Waals surface area (Å²) in [5, 5.41) is 3.53. The van der Waals surface area contributed by atoms with Gasteiger partial charge in [0.25, 0.3) is 0 Å². The van der Waals surface area contributed by atoms with E-state index >= 15 is 0 Å². The van der Waals surface area contributed by atoms with Crippen LogP contribution in [0.1, 0.15) is 24.9 Å². The summed E-state index contributed by atoms with van der Waals surface area (Å²) in [6, 6.07) is 18.9. The topological polar surface area (TPSA) is 21.3 Å². The number of hydrogen-bond donors (Lipinski definition) is 1. The van der Waals surface area contributed by atoms with Crippen LogP contribution in [0.4, 0.5) is 0 Å². The third-order valence-corrected chi connectivity index (χ3v) is 3.66. The van der Waals surface area contributed by atoms with Crippen molar-refractivity contribution in [2.75, 3.05) is 13.2 Å². The van der Waals surface area contributed by atoms with Crippen molar-refractivity contribution in [3.8, 4) is 5.75 Å². The van der Waals surface area contributed by atoms with Crippen LogP contribution in [0, 0.1) is 0 Å². The Labute approximate surface area is 129 Å². The fourth-order valence-corrected chi connectivity index (χ4v) is 2.52. The van der Waals surface area contributed by atoms with E-state index in [2.05, 4.69) is 52.4 Å². The zero-order valence-corrected chi connectivity index (χ0v) is 13.3. The highest BCUT2D eigenvalue weighted by Crippen LogP contribution is 2.18. The molecule has 2 aromatic rings. The third kappa shape index (κ3) is 4.66. The molecule has 2 rings (SSSR count). The van der Waals surface area contributed by atoms with Gasteiger partial charge in [-0.2, -0.15) is 0 Å². The lowest BCUT2D eigenvalue weighted by Gasteiger charge is -2.17. The highest BCUT2D eigenvalue weighted by Gasteiger charge is 2.07. The number of rotatable bonds is 7. The summed E-state index contributed by atoms with van der Waals surface area (Å²) in [6.07, 6.45) is 1.07. The van der Waals surface area contributed by atoms with Gasteiger partial charge in [0.05, 0.1) is 0 Å². The Morgan fingerprint density at radius 2 is 1.90 bits per heavy atom. The van der Waals surface area contributed by atoms with Crippen molar-refractivity contribution in [3.05, 3.63) is 64.6 Å². The van der Waals surface area contributed by atoms with Crippen LogP contribution in [-0.2, 0) is 0 Å². The quantitative estimate of drug-likeness (QED) is 0.749. The Morgan fingerprint density at radius 3 is 2.60 bits per heavy atom. The largest absolute Gasteiger partial charge is 0.492 e. The van der Waals surface area contributed by atoms with E-state index in [1.54, 1.807) is 0 Å². The van der Waals surface area contributed by atoms with Crippen molar-refractivity contribution in [1.29, 1.82) is 0 Å². The molecule has 1 N–H and O–H groups in total. The first-order chi connectivity index (χ1) is 9.79. The van der Waals surface area contributed by atoms with E-state index in [1.165, 1.54) is 5.56 Å². The summed E-state index contributed by atoms with van der Waals surface area (Å²) in [7, 11) is 0. The van der Waals surface area contributed by atoms with Gasteiger partial charge in [-0.25, -0.2) is 0 Å². The first-order valence-electron chi connectivity index (χ1n) is 6.96. The second-order valence-corrected chi connectivity index (χ2v) is 5.55. The minimum Gasteiger partial charge on any atom is -0.492 e. The highest BCUT2D eigenvalue weighted by molar-refractivity contribution is 9.10. The second kappa shape index (κ2) is 8.08. The Kier molecular flexibility index (Phi) is 6.09. The van der Waals surface area contributed by atoms with E-state index < -0.39 is 0 Å². The van der Waals surface area contributed by atoms with Crippen LogP contribution in [0.5, 0.6) is 5.75 Å². The lowest BCUT2D eigenvalue weighted by atomic mass is 10.1. The molecule has 20 heavy (non-hydrogen) atoms. The molecule has 0 bridgehead atoms. The van der Waals surface area contributed by atoms with E-state index in [4.69, 9.17) is 4.74 Å². The van der Waals surface area contributed by atoms with Crippen LogP contribution < -0.4 is 10.1 Å². The fraction of sp³-hybridized carbons (Fsp3) is 0.294. The molecule has 0 spiro atoms. The van der Waals surface area contributed by atoms with Gasteiger partial charge in [-0.15, -0.1) is 0 Å². The molecule has 0 radical (unpaired) electrons. The van der Waals surface area contributed by atoms with Gasteiger partial charge >= 0.3 is 0 Å². The predicted octanol–water partition coefficient (Wildman–Crippen LogP) is 4.57. The summed E-state index contributed by atoms with van der Waals surface area (Å²) in [4.78, 5) is 0. The molecule has 0 aromatic heterocycles. The third-order valence-electron chi connectivity index (χ3n) is 3.17. The summed E-state index contributed by atoms with van der Waals surface area (Å²) in [5.74, 6) is 0.897. The normalized spacial score (nSPS) is 12.1. The Hall–Kier alpha value is -1.32. The lowest BCUT2D eigenvalue weighted by molar-refractivity contribution is 0.304. The van der Waals surface area contributed by atoms with Crippen molar-refractivity contribution in [3.63, 3.8) is 0 Å². The molecular formula is C17H20BrNO. The SMILES string of the molecule is CCC(NCCOc1cccc(Br)c1)c1ccccc1. The Morgan fingerprint density at radius 1 is 1.10 bits per heavy atom. The molecule has 2 aromatic carbocycles. The molecule has 0 amide bonds. The van der Waals surface area contributed by atoms with Crippen LogP contribution in [0.3, 0.4) is 0 Å². The molecule has 0 saturated heterocycles. The van der Waals surface area contributed by atoms with Crippen LogP contribution in [0.2, 0.25) is 0 Å². The van der Waals surface area contributed by atoms with Gasteiger partial charge in [0.1, 0.15) is 12.4 Å². The van der Waals surface area contributed by atoms with E-state index in [-0.39, 0.29) is 0 Å². The molecular weight excluding hydrogens is 314 g/mol. The standard InChI is InChI=1S/C17H20BrNO/c1-2-17(14-7-4-3-5-8-14)19-11-12-20-16-10-6-9-15(18)13-16/h3-10,13,17,19H,2,11-12H2,1H3. The molecule has 1 atom stereocenters. The van der Waals surface area contributed by atoms with E-state index in [0.29, 0.717) is 12.6 Å². The summed E-state index contributed by atoms with van der Waals surface area (Å²) in [6.45, 7) is 3.69. The van der Waals surface area contributed by atoms with Crippen molar-refractivity contribution in [1.82, 2.24) is 5.32 Å². The number of benzene rings is 2. The molecule has 0 aliphatic heterocycles. The molecule has 0 aliphatic rings. The minimum absolute atomic E-state index is 0.391. The lowest BCUT2D eigenvalue weighted by Crippen LogP contribution is -2.25. The van der Waals surface area contributed by atoms with E-state index in [9.17, 15) is 0 Å². The van der Waals surface area contributed by atoms with Crippen molar-refractivity contribution in [2.24, 2.45) is 0 Å². The average molecular weight is 334 g/mol. The number of halogens is 1. The van der Waals surface area contributed by atoms with E-state index in [1.807, 2.05) is 30.3 Å². The summed E-state index contributed by atoms with van der Waals surface area (Å²) >= 11 is 3.44. The van der Waals surface area contributed by atoms with Gasteiger partial charge in [0.15, 0.2) is 0 Å². The number of hydrogen-bond acceptors (Lipinski definition) is 2. The molecule has 106 valence electrons. The highest BCUT2D eigenvalue weighted by atomic mass is 79.9. The van der Waals surface area contributed by atoms with Gasteiger partial charge in [-0.1, -0.05) is 59.3 Å². The molecule has 0 saturated carbocycles. The second-order valence-electron chi connectivity index (χ2n) is 4.63. The van der Waals surface area contributed by atoms with Crippen LogP contribution in [0.25, 0.3) is 0 Å². The maximum absolute atomic E-state index is 5.73. The maximum Gasteiger partial charge on any atom is 0.120 e. The monoisotopic (exact) mass is 333 g/mol. The Balaban J connectivity index is 1.77. The zero-order chi connectivity index (χ0) is 14.2. The molecule has 0 heterocycles. The van der Waals surface area contributed by atoms with Crippen molar-refractivity contribution < 1.29 is 4.74 Å². The molecule has 3 heteroatoms. The van der Waals surface area contributed by atoms with Crippen molar-refractivity contribution >= 4 is 15.9 Å². The molecule has 0 aliphatic carbocycles. The Bertz CT molecular complexity index is 515. The van der Waals surface area contributed by atoms with Gasteiger partial charge < -0.3 is 10.1 Å². The van der Waals surface area contributed by atoms with Crippen LogP contribution in [-0.4, -0.2) is 13.2 Å².